The molecule has 0 amide bonds. The lowest BCUT2D eigenvalue weighted by atomic mass is 9.98. The van der Waals surface area contributed by atoms with Crippen LogP contribution in [0.4, 0.5) is 17.6 Å². The summed E-state index contributed by atoms with van der Waals surface area (Å²) in [4.78, 5) is 0. The number of rotatable bonds is 9. The summed E-state index contributed by atoms with van der Waals surface area (Å²) in [5.41, 5.74) is 1.07. The summed E-state index contributed by atoms with van der Waals surface area (Å²) in [6.07, 6.45) is -2.48. The molecule has 1 aromatic rings. The minimum absolute atomic E-state index is 0.162. The van der Waals surface area contributed by atoms with Gasteiger partial charge in [-0.05, 0) is 30.5 Å². The Morgan fingerprint density at radius 2 is 1.81 bits per heavy atom. The highest BCUT2D eigenvalue weighted by atomic mass is 19.3. The quantitative estimate of drug-likeness (QED) is 0.700. The van der Waals surface area contributed by atoms with Gasteiger partial charge in [-0.3, -0.25) is 0 Å². The van der Waals surface area contributed by atoms with Crippen molar-refractivity contribution in [3.8, 4) is 0 Å². The number of benzene rings is 1. The van der Waals surface area contributed by atoms with E-state index in [1.54, 1.807) is 26.2 Å². The lowest BCUT2D eigenvalue weighted by Crippen LogP contribution is -2.42. The van der Waals surface area contributed by atoms with Gasteiger partial charge < -0.3 is 10.1 Å². The topological polar surface area (TPSA) is 21.3 Å². The van der Waals surface area contributed by atoms with Crippen molar-refractivity contribution in [1.29, 1.82) is 0 Å². The molecule has 0 saturated heterocycles. The third-order valence-electron chi connectivity index (χ3n) is 3.18. The summed E-state index contributed by atoms with van der Waals surface area (Å²) in [6, 6.07) is 4.57. The smallest absolute Gasteiger partial charge is 0.326 e. The van der Waals surface area contributed by atoms with Gasteiger partial charge in [-0.2, -0.15) is 8.78 Å². The minimum Gasteiger partial charge on any atom is -0.384 e. The van der Waals surface area contributed by atoms with Gasteiger partial charge in [0.1, 0.15) is 6.04 Å². The van der Waals surface area contributed by atoms with Crippen LogP contribution in [0.5, 0.6) is 0 Å². The standard InChI is InChI=1S/C15H21F4NO/c1-3-9-20-13(15(18,19)14(16)17)12-6-4-11(5-7-12)8-10-21-2/h4-7,13-14,20H,3,8-10H2,1-2H3. The predicted octanol–water partition coefficient (Wildman–Crippen LogP) is 3.82. The third-order valence-corrected chi connectivity index (χ3v) is 3.18. The highest BCUT2D eigenvalue weighted by Crippen LogP contribution is 2.36. The van der Waals surface area contributed by atoms with Crippen molar-refractivity contribution in [2.45, 2.75) is 38.2 Å². The van der Waals surface area contributed by atoms with Crippen LogP contribution < -0.4 is 5.32 Å². The van der Waals surface area contributed by atoms with Crippen molar-refractivity contribution >= 4 is 0 Å². The van der Waals surface area contributed by atoms with Crippen molar-refractivity contribution < 1.29 is 22.3 Å². The van der Waals surface area contributed by atoms with Crippen molar-refractivity contribution in [3.05, 3.63) is 35.4 Å². The molecule has 0 fully saturated rings. The Hall–Kier alpha value is -1.14. The molecule has 21 heavy (non-hydrogen) atoms. The Labute approximate surface area is 122 Å². The molecule has 1 atom stereocenters. The van der Waals surface area contributed by atoms with Crippen molar-refractivity contribution in [3.63, 3.8) is 0 Å². The fourth-order valence-corrected chi connectivity index (χ4v) is 1.99. The summed E-state index contributed by atoms with van der Waals surface area (Å²) in [7, 11) is 1.57. The molecular weight excluding hydrogens is 286 g/mol. The Morgan fingerprint density at radius 1 is 1.19 bits per heavy atom. The first-order valence-electron chi connectivity index (χ1n) is 6.90. The third kappa shape index (κ3) is 4.97. The Kier molecular flexibility index (Phi) is 7.11. The van der Waals surface area contributed by atoms with Crippen LogP contribution in [0.1, 0.15) is 30.5 Å². The number of halogens is 4. The Bertz CT molecular complexity index is 409. The monoisotopic (exact) mass is 307 g/mol. The Morgan fingerprint density at radius 3 is 2.29 bits per heavy atom. The molecule has 0 radical (unpaired) electrons. The summed E-state index contributed by atoms with van der Waals surface area (Å²) in [5, 5.41) is 2.52. The highest BCUT2D eigenvalue weighted by molar-refractivity contribution is 5.27. The molecule has 1 unspecified atom stereocenters. The highest BCUT2D eigenvalue weighted by Gasteiger charge is 2.49. The van der Waals surface area contributed by atoms with Crippen LogP contribution in [0.2, 0.25) is 0 Å². The molecule has 0 aliphatic carbocycles. The van der Waals surface area contributed by atoms with Crippen LogP contribution in [-0.4, -0.2) is 32.6 Å². The average molecular weight is 307 g/mol. The van der Waals surface area contributed by atoms with Crippen molar-refractivity contribution in [1.82, 2.24) is 5.32 Å². The summed E-state index contributed by atoms with van der Waals surface area (Å²) in [5.74, 6) is -4.11. The fourth-order valence-electron chi connectivity index (χ4n) is 1.99. The number of hydrogen-bond donors (Lipinski definition) is 1. The van der Waals surface area contributed by atoms with E-state index in [9.17, 15) is 17.6 Å². The zero-order chi connectivity index (χ0) is 15.9. The maximum atomic E-state index is 13.7. The van der Waals surface area contributed by atoms with Gasteiger partial charge in [-0.25, -0.2) is 8.78 Å². The van der Waals surface area contributed by atoms with Gasteiger partial charge in [0.2, 0.25) is 0 Å². The summed E-state index contributed by atoms with van der Waals surface area (Å²) < 4.78 is 57.5. The molecule has 0 aliphatic rings. The number of ether oxygens (including phenoxy) is 1. The first-order valence-corrected chi connectivity index (χ1v) is 6.90. The van der Waals surface area contributed by atoms with Gasteiger partial charge in [0, 0.05) is 7.11 Å². The molecule has 1 aromatic carbocycles. The maximum absolute atomic E-state index is 13.7. The normalized spacial score (nSPS) is 13.7. The van der Waals surface area contributed by atoms with Gasteiger partial charge in [0.25, 0.3) is 0 Å². The number of methoxy groups -OCH3 is 1. The number of hydrogen-bond acceptors (Lipinski definition) is 2. The molecule has 0 heterocycles. The zero-order valence-electron chi connectivity index (χ0n) is 12.2. The molecular formula is C15H21F4NO. The molecule has 6 heteroatoms. The second kappa shape index (κ2) is 8.34. The molecule has 120 valence electrons. The van der Waals surface area contributed by atoms with E-state index in [1.807, 2.05) is 0 Å². The van der Waals surface area contributed by atoms with Gasteiger partial charge >= 0.3 is 12.3 Å². The van der Waals surface area contributed by atoms with Gasteiger partial charge in [0.15, 0.2) is 0 Å². The van der Waals surface area contributed by atoms with Crippen molar-refractivity contribution in [2.24, 2.45) is 0 Å². The molecule has 0 saturated carbocycles. The first-order chi connectivity index (χ1) is 9.93. The van der Waals surface area contributed by atoms with Crippen LogP contribution in [0.25, 0.3) is 0 Å². The molecule has 2 nitrogen and oxygen atoms in total. The van der Waals surface area contributed by atoms with Crippen molar-refractivity contribution in [2.75, 3.05) is 20.3 Å². The second-order valence-corrected chi connectivity index (χ2v) is 4.85. The van der Waals surface area contributed by atoms with Crippen LogP contribution in [0.3, 0.4) is 0 Å². The van der Waals surface area contributed by atoms with Crippen LogP contribution in [0.15, 0.2) is 24.3 Å². The Balaban J connectivity index is 2.92. The second-order valence-electron chi connectivity index (χ2n) is 4.85. The van der Waals surface area contributed by atoms with E-state index >= 15 is 0 Å². The average Bonchev–Trinajstić information content (AvgIpc) is 2.46. The molecule has 0 aromatic heterocycles. The van der Waals surface area contributed by atoms with E-state index in [-0.39, 0.29) is 12.1 Å². The molecule has 0 spiro atoms. The zero-order valence-corrected chi connectivity index (χ0v) is 12.2. The number of nitrogens with one attached hydrogen (secondary N) is 1. The van der Waals surface area contributed by atoms with Gasteiger partial charge in [-0.15, -0.1) is 0 Å². The van der Waals surface area contributed by atoms with Crippen LogP contribution >= 0.6 is 0 Å². The molecule has 0 bridgehead atoms. The van der Waals surface area contributed by atoms with E-state index in [1.165, 1.54) is 12.1 Å². The summed E-state index contributed by atoms with van der Waals surface area (Å²) >= 11 is 0. The van der Waals surface area contributed by atoms with Crippen LogP contribution in [-0.2, 0) is 11.2 Å². The molecule has 1 rings (SSSR count). The van der Waals surface area contributed by atoms with Gasteiger partial charge in [-0.1, -0.05) is 31.2 Å². The lowest BCUT2D eigenvalue weighted by molar-refractivity contribution is -0.151. The van der Waals surface area contributed by atoms with E-state index < -0.39 is 18.4 Å². The molecule has 0 aliphatic heterocycles. The summed E-state index contributed by atoms with van der Waals surface area (Å²) in [6.45, 7) is 2.56. The molecule has 1 N–H and O–H groups in total. The fraction of sp³-hybridized carbons (Fsp3) is 0.600. The lowest BCUT2D eigenvalue weighted by Gasteiger charge is -2.27. The van der Waals surface area contributed by atoms with E-state index in [4.69, 9.17) is 4.74 Å². The van der Waals surface area contributed by atoms with E-state index in [0.717, 1.165) is 5.56 Å². The van der Waals surface area contributed by atoms with E-state index in [2.05, 4.69) is 5.32 Å². The minimum atomic E-state index is -4.11. The van der Waals surface area contributed by atoms with Crippen LogP contribution in [0, 0.1) is 0 Å². The SMILES string of the molecule is CCCNC(c1ccc(CCOC)cc1)C(F)(F)C(F)F. The first kappa shape index (κ1) is 17.9. The maximum Gasteiger partial charge on any atom is 0.326 e. The van der Waals surface area contributed by atoms with E-state index in [0.29, 0.717) is 19.4 Å². The predicted molar refractivity (Wildman–Crippen MR) is 74.0 cm³/mol. The largest absolute Gasteiger partial charge is 0.384 e. The van der Waals surface area contributed by atoms with Gasteiger partial charge in [0.05, 0.1) is 6.61 Å². The number of alkyl halides is 4.